The van der Waals surface area contributed by atoms with E-state index in [1.54, 1.807) is 11.3 Å². The molecule has 0 saturated carbocycles. The molecule has 1 fully saturated rings. The van der Waals surface area contributed by atoms with Crippen LogP contribution in [0.25, 0.3) is 0 Å². The average Bonchev–Trinajstić information content (AvgIpc) is 3.18. The molecule has 3 aromatic rings. The monoisotopic (exact) mass is 349 g/mol. The van der Waals surface area contributed by atoms with Crippen LogP contribution < -0.4 is 4.74 Å². The van der Waals surface area contributed by atoms with E-state index in [0.29, 0.717) is 6.54 Å². The lowest BCUT2D eigenvalue weighted by Gasteiger charge is -2.46. The summed E-state index contributed by atoms with van der Waals surface area (Å²) in [5, 5.41) is 2.05. The number of likely N-dealkylation sites (tertiary alicyclic amines) is 1. The van der Waals surface area contributed by atoms with Crippen molar-refractivity contribution in [1.29, 1.82) is 0 Å². The number of benzene rings is 2. The number of hydrogen-bond acceptors (Lipinski definition) is 3. The fourth-order valence-corrected chi connectivity index (χ4v) is 4.04. The van der Waals surface area contributed by atoms with Crippen LogP contribution in [0.15, 0.2) is 78.2 Å². The van der Waals surface area contributed by atoms with Gasteiger partial charge in [-0.3, -0.25) is 4.79 Å². The molecule has 0 N–H and O–H groups in total. The minimum Gasteiger partial charge on any atom is -0.478 e. The van der Waals surface area contributed by atoms with Crippen LogP contribution in [0, 0.1) is 0 Å². The molecule has 1 aromatic heterocycles. The van der Waals surface area contributed by atoms with Gasteiger partial charge in [0.1, 0.15) is 11.8 Å². The SMILES string of the molecule is O=C1C(Oc2ccccc2)C(c2cccs2)N1CCc1ccccc1. The maximum atomic E-state index is 12.7. The third kappa shape index (κ3) is 3.30. The highest BCUT2D eigenvalue weighted by atomic mass is 32.1. The molecule has 0 spiro atoms. The first-order valence-corrected chi connectivity index (χ1v) is 9.30. The molecule has 0 aliphatic carbocycles. The second-order valence-electron chi connectivity index (χ2n) is 6.08. The highest BCUT2D eigenvalue weighted by Crippen LogP contribution is 2.39. The van der Waals surface area contributed by atoms with Gasteiger partial charge in [0.25, 0.3) is 5.91 Å². The van der Waals surface area contributed by atoms with Crippen LogP contribution >= 0.6 is 11.3 Å². The minimum atomic E-state index is -0.433. The van der Waals surface area contributed by atoms with Crippen LogP contribution in [0.2, 0.25) is 0 Å². The number of hydrogen-bond donors (Lipinski definition) is 0. The zero-order chi connectivity index (χ0) is 17.1. The Bertz CT molecular complexity index is 818. The lowest BCUT2D eigenvalue weighted by Crippen LogP contribution is -2.61. The lowest BCUT2D eigenvalue weighted by molar-refractivity contribution is -0.163. The van der Waals surface area contributed by atoms with Gasteiger partial charge in [0.15, 0.2) is 0 Å². The average molecular weight is 349 g/mol. The maximum absolute atomic E-state index is 12.7. The molecule has 2 unspecified atom stereocenters. The Morgan fingerprint density at radius 3 is 2.32 bits per heavy atom. The van der Waals surface area contributed by atoms with E-state index in [4.69, 9.17) is 4.74 Å². The molecule has 2 atom stereocenters. The molecular weight excluding hydrogens is 330 g/mol. The minimum absolute atomic E-state index is 0.00332. The standard InChI is InChI=1S/C21H19NO2S/c23-21-20(24-17-10-5-2-6-11-17)19(18-12-7-15-25-18)22(21)14-13-16-8-3-1-4-9-16/h1-12,15,19-20H,13-14H2. The fraction of sp³-hybridized carbons (Fsp3) is 0.190. The number of carbonyl (C=O) groups excluding carboxylic acids is 1. The van der Waals surface area contributed by atoms with Gasteiger partial charge in [0, 0.05) is 11.4 Å². The molecule has 25 heavy (non-hydrogen) atoms. The van der Waals surface area contributed by atoms with Crippen molar-refractivity contribution in [2.24, 2.45) is 0 Å². The second-order valence-corrected chi connectivity index (χ2v) is 7.06. The van der Waals surface area contributed by atoms with Gasteiger partial charge < -0.3 is 9.64 Å². The van der Waals surface area contributed by atoms with Crippen molar-refractivity contribution in [2.75, 3.05) is 6.54 Å². The number of para-hydroxylation sites is 1. The summed E-state index contributed by atoms with van der Waals surface area (Å²) < 4.78 is 6.00. The molecule has 1 aliphatic rings. The first-order chi connectivity index (χ1) is 12.3. The predicted octanol–water partition coefficient (Wildman–Crippen LogP) is 4.32. The summed E-state index contributed by atoms with van der Waals surface area (Å²) in [5.41, 5.74) is 1.24. The molecule has 1 saturated heterocycles. The highest BCUT2D eigenvalue weighted by Gasteiger charge is 2.50. The first-order valence-electron chi connectivity index (χ1n) is 8.42. The number of thiophene rings is 1. The number of carbonyl (C=O) groups is 1. The molecule has 1 aliphatic heterocycles. The van der Waals surface area contributed by atoms with Crippen molar-refractivity contribution in [2.45, 2.75) is 18.6 Å². The van der Waals surface area contributed by atoms with Crippen molar-refractivity contribution < 1.29 is 9.53 Å². The molecule has 126 valence electrons. The number of β-lactam (4-membered cyclic amide) rings is 1. The van der Waals surface area contributed by atoms with Crippen molar-refractivity contribution in [3.63, 3.8) is 0 Å². The van der Waals surface area contributed by atoms with Crippen molar-refractivity contribution in [3.05, 3.63) is 88.6 Å². The van der Waals surface area contributed by atoms with E-state index >= 15 is 0 Å². The van der Waals surface area contributed by atoms with Crippen LogP contribution in [0.4, 0.5) is 0 Å². The molecule has 2 heterocycles. The first kappa shape index (κ1) is 15.9. The van der Waals surface area contributed by atoms with Crippen molar-refractivity contribution >= 4 is 17.2 Å². The Labute approximate surface area is 151 Å². The van der Waals surface area contributed by atoms with E-state index < -0.39 is 6.10 Å². The largest absolute Gasteiger partial charge is 0.478 e. The third-order valence-electron chi connectivity index (χ3n) is 4.47. The van der Waals surface area contributed by atoms with Crippen molar-refractivity contribution in [1.82, 2.24) is 4.90 Å². The van der Waals surface area contributed by atoms with E-state index in [2.05, 4.69) is 18.2 Å². The topological polar surface area (TPSA) is 29.5 Å². The number of ether oxygens (including phenoxy) is 1. The zero-order valence-corrected chi connectivity index (χ0v) is 14.6. The molecule has 2 aromatic carbocycles. The van der Waals surface area contributed by atoms with E-state index in [0.717, 1.165) is 12.2 Å². The second kappa shape index (κ2) is 7.11. The predicted molar refractivity (Wildman–Crippen MR) is 99.8 cm³/mol. The molecule has 0 radical (unpaired) electrons. The van der Waals surface area contributed by atoms with Gasteiger partial charge in [-0.2, -0.15) is 0 Å². The van der Waals surface area contributed by atoms with E-state index in [1.807, 2.05) is 64.9 Å². The van der Waals surface area contributed by atoms with Crippen molar-refractivity contribution in [3.8, 4) is 5.75 Å². The van der Waals surface area contributed by atoms with Gasteiger partial charge in [-0.15, -0.1) is 11.3 Å². The fourth-order valence-electron chi connectivity index (χ4n) is 3.18. The third-order valence-corrected chi connectivity index (χ3v) is 5.42. The van der Waals surface area contributed by atoms with Gasteiger partial charge in [-0.1, -0.05) is 54.6 Å². The van der Waals surface area contributed by atoms with Crippen LogP contribution in [0.5, 0.6) is 5.75 Å². The Kier molecular flexibility index (Phi) is 4.53. The summed E-state index contributed by atoms with van der Waals surface area (Å²) in [5.74, 6) is 0.809. The summed E-state index contributed by atoms with van der Waals surface area (Å²) in [4.78, 5) is 15.8. The number of rotatable bonds is 6. The normalized spacial score (nSPS) is 19.5. The zero-order valence-electron chi connectivity index (χ0n) is 13.7. The maximum Gasteiger partial charge on any atom is 0.266 e. The van der Waals surface area contributed by atoms with Crippen LogP contribution in [0.1, 0.15) is 16.5 Å². The Morgan fingerprint density at radius 2 is 1.64 bits per heavy atom. The van der Waals surface area contributed by atoms with Gasteiger partial charge in [-0.05, 0) is 35.6 Å². The molecule has 4 heteroatoms. The van der Waals surface area contributed by atoms with E-state index in [1.165, 1.54) is 10.4 Å². The molecule has 0 bridgehead atoms. The summed E-state index contributed by atoms with van der Waals surface area (Å²) in [6.07, 6.45) is 0.420. The summed E-state index contributed by atoms with van der Waals surface area (Å²) >= 11 is 1.67. The number of nitrogens with zero attached hydrogens (tertiary/aromatic N) is 1. The van der Waals surface area contributed by atoms with Gasteiger partial charge in [0.2, 0.25) is 6.10 Å². The number of amides is 1. The van der Waals surface area contributed by atoms with E-state index in [9.17, 15) is 4.79 Å². The van der Waals surface area contributed by atoms with Crippen LogP contribution in [0.3, 0.4) is 0 Å². The Balaban J connectivity index is 1.50. The van der Waals surface area contributed by atoms with Gasteiger partial charge in [0.05, 0.1) is 0 Å². The molecule has 3 nitrogen and oxygen atoms in total. The Morgan fingerprint density at radius 1 is 0.920 bits per heavy atom. The molecule has 1 amide bonds. The lowest BCUT2D eigenvalue weighted by atomic mass is 9.95. The smallest absolute Gasteiger partial charge is 0.266 e. The molecular formula is C21H19NO2S. The Hall–Kier alpha value is -2.59. The summed E-state index contributed by atoms with van der Waals surface area (Å²) in [6.45, 7) is 0.708. The van der Waals surface area contributed by atoms with Crippen LogP contribution in [-0.2, 0) is 11.2 Å². The quantitative estimate of drug-likeness (QED) is 0.620. The summed E-state index contributed by atoms with van der Waals surface area (Å²) in [7, 11) is 0. The van der Waals surface area contributed by atoms with Gasteiger partial charge >= 0.3 is 0 Å². The van der Waals surface area contributed by atoms with Gasteiger partial charge in [-0.25, -0.2) is 0 Å². The highest BCUT2D eigenvalue weighted by molar-refractivity contribution is 7.10. The summed E-state index contributed by atoms with van der Waals surface area (Å²) in [6, 6.07) is 24.0. The van der Waals surface area contributed by atoms with E-state index in [-0.39, 0.29) is 11.9 Å². The molecule has 4 rings (SSSR count). The van der Waals surface area contributed by atoms with Crippen LogP contribution in [-0.4, -0.2) is 23.5 Å².